The molecule has 0 spiro atoms. The first kappa shape index (κ1) is 30.2. The zero-order valence-electron chi connectivity index (χ0n) is 24.3. The van der Waals surface area contributed by atoms with Gasteiger partial charge in [0.05, 0.1) is 11.6 Å². The van der Waals surface area contributed by atoms with Crippen LogP contribution in [0, 0.1) is 24.7 Å². The molecule has 44 heavy (non-hydrogen) atoms. The SMILES string of the molecule is Cc1ccc(OCc2ccc(C(=O)N3CCCCC3)cc2OC(F)(F)F)c(-c2csc(N3CC4CC[C@H](C3)C4C(=O)O)n2)c1. The number of piperidine rings is 2. The van der Waals surface area contributed by atoms with E-state index in [1.54, 1.807) is 11.0 Å². The summed E-state index contributed by atoms with van der Waals surface area (Å²) in [6.07, 6.45) is -0.371. The van der Waals surface area contributed by atoms with Crippen molar-refractivity contribution < 1.29 is 37.3 Å². The molecule has 1 N–H and O–H groups in total. The molecule has 0 radical (unpaired) electrons. The van der Waals surface area contributed by atoms with Gasteiger partial charge < -0.3 is 24.4 Å². The van der Waals surface area contributed by atoms with Crippen LogP contribution >= 0.6 is 11.3 Å². The number of rotatable bonds is 8. The van der Waals surface area contributed by atoms with Crippen LogP contribution in [0.2, 0.25) is 0 Å². The number of likely N-dealkylation sites (tertiary alicyclic amines) is 1. The summed E-state index contributed by atoms with van der Waals surface area (Å²) in [7, 11) is 0. The maximum Gasteiger partial charge on any atom is 0.573 e. The number of halogens is 3. The summed E-state index contributed by atoms with van der Waals surface area (Å²) >= 11 is 1.48. The summed E-state index contributed by atoms with van der Waals surface area (Å²) in [5, 5.41) is 12.4. The monoisotopic (exact) mass is 629 g/mol. The number of thiazole rings is 1. The van der Waals surface area contributed by atoms with Crippen molar-refractivity contribution >= 4 is 28.3 Å². The third kappa shape index (κ3) is 6.50. The molecule has 12 heteroatoms. The van der Waals surface area contributed by atoms with Gasteiger partial charge in [-0.2, -0.15) is 0 Å². The van der Waals surface area contributed by atoms with Crippen molar-refractivity contribution in [1.82, 2.24) is 9.88 Å². The van der Waals surface area contributed by atoms with Gasteiger partial charge in [-0.05, 0) is 75.1 Å². The van der Waals surface area contributed by atoms with Gasteiger partial charge in [0.1, 0.15) is 18.1 Å². The van der Waals surface area contributed by atoms with Crippen molar-refractivity contribution in [3.63, 3.8) is 0 Å². The van der Waals surface area contributed by atoms with Crippen LogP contribution in [0.4, 0.5) is 18.3 Å². The average Bonchev–Trinajstić information content (AvgIpc) is 3.59. The van der Waals surface area contributed by atoms with E-state index in [4.69, 9.17) is 9.72 Å². The molecule has 6 rings (SSSR count). The van der Waals surface area contributed by atoms with Crippen LogP contribution in [0.5, 0.6) is 11.5 Å². The number of carboxylic acid groups (broad SMARTS) is 1. The van der Waals surface area contributed by atoms with Crippen molar-refractivity contribution in [2.75, 3.05) is 31.1 Å². The van der Waals surface area contributed by atoms with E-state index in [2.05, 4.69) is 9.64 Å². The first-order valence-corrected chi connectivity index (χ1v) is 15.8. The fraction of sp³-hybridized carbons (Fsp3) is 0.469. The summed E-state index contributed by atoms with van der Waals surface area (Å²) in [4.78, 5) is 33.4. The van der Waals surface area contributed by atoms with E-state index in [0.717, 1.165) is 48.9 Å². The van der Waals surface area contributed by atoms with Gasteiger partial charge in [0.25, 0.3) is 5.91 Å². The minimum absolute atomic E-state index is 0.103. The maximum absolute atomic E-state index is 13.4. The highest BCUT2D eigenvalue weighted by molar-refractivity contribution is 7.14. The standard InChI is InChI=1S/C32H34F3N3O5S/c1-19-5-10-26(24(13-19)25-18-44-31(36-25)38-15-21-7-8-22(16-38)28(21)30(40)41)42-17-23-9-6-20(14-27(23)43-32(33,34)35)29(39)37-11-3-2-4-12-37/h5-6,9-10,13-14,18,21-22,28H,2-4,7-8,11-12,15-17H2,1H3,(H,40,41)/t21-,22?,28?/m1/s1. The summed E-state index contributed by atoms with van der Waals surface area (Å²) in [5.74, 6) is -1.15. The average molecular weight is 630 g/mol. The Bertz CT molecular complexity index is 1520. The zero-order chi connectivity index (χ0) is 31.0. The zero-order valence-corrected chi connectivity index (χ0v) is 25.1. The molecule has 1 saturated carbocycles. The van der Waals surface area contributed by atoms with Crippen LogP contribution in [0.25, 0.3) is 11.3 Å². The third-order valence-electron chi connectivity index (χ3n) is 8.86. The highest BCUT2D eigenvalue weighted by Gasteiger charge is 2.46. The summed E-state index contributed by atoms with van der Waals surface area (Å²) in [6.45, 7) is 4.17. The number of hydrogen-bond donors (Lipinski definition) is 1. The number of carbonyl (C=O) groups excluding carboxylic acids is 1. The summed E-state index contributed by atoms with van der Waals surface area (Å²) in [6, 6.07) is 9.65. The van der Waals surface area contributed by atoms with Crippen molar-refractivity contribution in [3.8, 4) is 22.8 Å². The first-order valence-electron chi connectivity index (χ1n) is 14.9. The van der Waals surface area contributed by atoms with E-state index in [9.17, 15) is 27.9 Å². The Kier molecular flexibility index (Phi) is 8.45. The molecule has 3 atom stereocenters. The molecule has 1 amide bonds. The van der Waals surface area contributed by atoms with E-state index in [-0.39, 0.29) is 41.4 Å². The lowest BCUT2D eigenvalue weighted by atomic mass is 9.85. The topological polar surface area (TPSA) is 92.2 Å². The van der Waals surface area contributed by atoms with E-state index in [0.29, 0.717) is 43.2 Å². The molecule has 3 fully saturated rings. The van der Waals surface area contributed by atoms with Gasteiger partial charge in [0.15, 0.2) is 5.13 Å². The molecular weight excluding hydrogens is 595 g/mol. The number of ether oxygens (including phenoxy) is 2. The Labute approximate surface area is 257 Å². The van der Waals surface area contributed by atoms with Gasteiger partial charge in [-0.15, -0.1) is 24.5 Å². The molecule has 2 aromatic carbocycles. The number of anilines is 1. The molecule has 2 saturated heterocycles. The molecule has 3 heterocycles. The van der Waals surface area contributed by atoms with Gasteiger partial charge in [0.2, 0.25) is 0 Å². The van der Waals surface area contributed by atoms with Gasteiger partial charge in [-0.25, -0.2) is 4.98 Å². The Hall–Kier alpha value is -3.80. The number of carbonyl (C=O) groups is 2. The Morgan fingerprint density at radius 1 is 1.02 bits per heavy atom. The number of amides is 1. The van der Waals surface area contributed by atoms with Gasteiger partial charge in [-0.1, -0.05) is 17.7 Å². The summed E-state index contributed by atoms with van der Waals surface area (Å²) < 4.78 is 50.5. The highest BCUT2D eigenvalue weighted by Crippen LogP contribution is 2.44. The van der Waals surface area contributed by atoms with Crippen LogP contribution in [0.3, 0.4) is 0 Å². The normalized spacial score (nSPS) is 21.8. The fourth-order valence-electron chi connectivity index (χ4n) is 6.75. The number of benzene rings is 2. The number of nitrogens with zero attached hydrogens (tertiary/aromatic N) is 3. The molecule has 8 nitrogen and oxygen atoms in total. The number of carboxylic acids is 1. The smallest absolute Gasteiger partial charge is 0.488 e. The molecule has 1 aromatic heterocycles. The quantitative estimate of drug-likeness (QED) is 0.294. The van der Waals surface area contributed by atoms with Crippen LogP contribution in [-0.4, -0.2) is 59.4 Å². The number of aromatic nitrogens is 1. The van der Waals surface area contributed by atoms with E-state index in [1.807, 2.05) is 24.4 Å². The number of fused-ring (bicyclic) bond motifs is 2. The van der Waals surface area contributed by atoms with E-state index in [1.165, 1.54) is 23.5 Å². The largest absolute Gasteiger partial charge is 0.573 e. The van der Waals surface area contributed by atoms with Crippen molar-refractivity contribution in [1.29, 1.82) is 0 Å². The van der Waals surface area contributed by atoms with Crippen molar-refractivity contribution in [2.45, 2.75) is 52.0 Å². The minimum Gasteiger partial charge on any atom is -0.488 e. The fourth-order valence-corrected chi connectivity index (χ4v) is 7.59. The van der Waals surface area contributed by atoms with Crippen molar-refractivity contribution in [2.24, 2.45) is 17.8 Å². The Morgan fingerprint density at radius 2 is 1.75 bits per heavy atom. The molecule has 2 unspecified atom stereocenters. The molecule has 2 aliphatic heterocycles. The number of aliphatic carboxylic acids is 1. The Balaban J connectivity index is 1.21. The van der Waals surface area contributed by atoms with E-state index >= 15 is 0 Å². The summed E-state index contributed by atoms with van der Waals surface area (Å²) in [5.41, 5.74) is 2.63. The molecule has 2 bridgehead atoms. The first-order chi connectivity index (χ1) is 21.1. The maximum atomic E-state index is 13.4. The molecule has 3 aliphatic rings. The lowest BCUT2D eigenvalue weighted by molar-refractivity contribution is -0.275. The lowest BCUT2D eigenvalue weighted by Gasteiger charge is -2.35. The molecular formula is C32H34F3N3O5S. The molecule has 234 valence electrons. The van der Waals surface area contributed by atoms with Gasteiger partial charge >= 0.3 is 12.3 Å². The second-order valence-corrected chi connectivity index (χ2v) is 12.7. The Morgan fingerprint density at radius 3 is 2.43 bits per heavy atom. The van der Waals surface area contributed by atoms with Crippen LogP contribution < -0.4 is 14.4 Å². The molecule has 1 aliphatic carbocycles. The lowest BCUT2D eigenvalue weighted by Crippen LogP contribution is -2.44. The predicted molar refractivity (Wildman–Crippen MR) is 159 cm³/mol. The van der Waals surface area contributed by atoms with Crippen molar-refractivity contribution in [3.05, 3.63) is 58.5 Å². The van der Waals surface area contributed by atoms with Crippen LogP contribution in [-0.2, 0) is 11.4 Å². The third-order valence-corrected chi connectivity index (χ3v) is 9.76. The minimum atomic E-state index is -4.94. The second-order valence-electron chi connectivity index (χ2n) is 11.9. The second kappa shape index (κ2) is 12.3. The van der Waals surface area contributed by atoms with Crippen LogP contribution in [0.15, 0.2) is 41.8 Å². The van der Waals surface area contributed by atoms with Crippen LogP contribution in [0.1, 0.15) is 53.6 Å². The number of alkyl halides is 3. The van der Waals surface area contributed by atoms with E-state index < -0.39 is 18.1 Å². The number of hydrogen-bond acceptors (Lipinski definition) is 7. The van der Waals surface area contributed by atoms with Gasteiger partial charge in [-0.3, -0.25) is 9.59 Å². The van der Waals surface area contributed by atoms with Gasteiger partial charge in [0, 0.05) is 48.2 Å². The highest BCUT2D eigenvalue weighted by atomic mass is 32.1. The molecule has 3 aromatic rings. The predicted octanol–water partition coefficient (Wildman–Crippen LogP) is 6.77. The number of aryl methyl sites for hydroxylation is 1.